The van der Waals surface area contributed by atoms with Crippen LogP contribution in [0.3, 0.4) is 0 Å². The first-order valence-corrected chi connectivity index (χ1v) is 9.86. The Bertz CT molecular complexity index is 784. The van der Waals surface area contributed by atoms with Gasteiger partial charge in [-0.1, -0.05) is 31.2 Å². The Hall–Kier alpha value is -1.96. The lowest BCUT2D eigenvalue weighted by Gasteiger charge is -2.22. The number of halogens is 1. The number of carbonyl (C=O) groups is 1. The van der Waals surface area contributed by atoms with Gasteiger partial charge in [0, 0.05) is 24.9 Å². The summed E-state index contributed by atoms with van der Waals surface area (Å²) in [7, 11) is 0. The summed E-state index contributed by atoms with van der Waals surface area (Å²) in [5.41, 5.74) is 5.90. The number of nitrogens with zero attached hydrogens (tertiary/aromatic N) is 3. The summed E-state index contributed by atoms with van der Waals surface area (Å²) < 4.78 is 3.14. The summed E-state index contributed by atoms with van der Waals surface area (Å²) in [6, 6.07) is 8.08. The molecule has 2 aromatic rings. The van der Waals surface area contributed by atoms with Crippen LogP contribution in [0.4, 0.5) is 0 Å². The normalized spacial score (nSPS) is 11.5. The number of hydrogen-bond acceptors (Lipinski definition) is 4. The van der Waals surface area contributed by atoms with Crippen molar-refractivity contribution >= 4 is 27.9 Å². The van der Waals surface area contributed by atoms with Crippen molar-refractivity contribution in [2.24, 2.45) is 0 Å². The van der Waals surface area contributed by atoms with Crippen molar-refractivity contribution in [2.45, 2.75) is 40.3 Å². The summed E-state index contributed by atoms with van der Waals surface area (Å²) in [6.07, 6.45) is 4.06. The van der Waals surface area contributed by atoms with Crippen LogP contribution in [-0.4, -0.2) is 38.9 Å². The molecule has 2 N–H and O–H groups in total. The molecule has 0 radical (unpaired) electrons. The Kier molecular flexibility index (Phi) is 8.22. The Morgan fingerprint density at radius 1 is 1.30 bits per heavy atom. The molecule has 6 nitrogen and oxygen atoms in total. The number of amides is 1. The van der Waals surface area contributed by atoms with E-state index >= 15 is 0 Å². The molecule has 0 aliphatic carbocycles. The molecule has 0 aliphatic heterocycles. The highest BCUT2D eigenvalue weighted by atomic mass is 79.9. The Labute approximate surface area is 169 Å². The van der Waals surface area contributed by atoms with Gasteiger partial charge in [-0.2, -0.15) is 5.10 Å². The van der Waals surface area contributed by atoms with Crippen molar-refractivity contribution in [2.75, 3.05) is 13.1 Å². The SMILES string of the molecule is CCCN(CCn1nc(C)c(Br)c1C)Cc1ccc(/C=C/C(=O)NO)cc1. The smallest absolute Gasteiger partial charge is 0.267 e. The number of aryl methyl sites for hydroxylation is 1. The molecule has 0 bridgehead atoms. The predicted octanol–water partition coefficient (Wildman–Crippen LogP) is 3.69. The molecule has 0 spiro atoms. The van der Waals surface area contributed by atoms with Gasteiger partial charge in [0.2, 0.25) is 0 Å². The van der Waals surface area contributed by atoms with E-state index in [0.717, 1.165) is 54.0 Å². The third-order valence-corrected chi connectivity index (χ3v) is 5.53. The Morgan fingerprint density at radius 3 is 2.56 bits per heavy atom. The maximum atomic E-state index is 11.0. The molecule has 27 heavy (non-hydrogen) atoms. The molecule has 146 valence electrons. The lowest BCUT2D eigenvalue weighted by molar-refractivity contribution is -0.124. The average molecular weight is 435 g/mol. The first-order valence-electron chi connectivity index (χ1n) is 9.07. The van der Waals surface area contributed by atoms with Crippen molar-refractivity contribution in [1.82, 2.24) is 20.2 Å². The van der Waals surface area contributed by atoms with Crippen LogP contribution in [0.15, 0.2) is 34.8 Å². The van der Waals surface area contributed by atoms with Crippen molar-refractivity contribution in [3.63, 3.8) is 0 Å². The lowest BCUT2D eigenvalue weighted by atomic mass is 10.1. The van der Waals surface area contributed by atoms with E-state index in [4.69, 9.17) is 5.21 Å². The molecule has 1 heterocycles. The van der Waals surface area contributed by atoms with E-state index in [-0.39, 0.29) is 0 Å². The molecular formula is C20H27BrN4O2. The van der Waals surface area contributed by atoms with E-state index in [1.54, 1.807) is 11.6 Å². The minimum absolute atomic E-state index is 0.538. The third kappa shape index (κ3) is 6.30. The first-order chi connectivity index (χ1) is 12.9. The fourth-order valence-electron chi connectivity index (χ4n) is 2.92. The number of aromatic nitrogens is 2. The quantitative estimate of drug-likeness (QED) is 0.358. The second kappa shape index (κ2) is 10.4. The highest BCUT2D eigenvalue weighted by Gasteiger charge is 2.11. The molecule has 1 aromatic heterocycles. The van der Waals surface area contributed by atoms with Gasteiger partial charge in [0.25, 0.3) is 5.91 Å². The van der Waals surface area contributed by atoms with Crippen LogP contribution in [0.2, 0.25) is 0 Å². The topological polar surface area (TPSA) is 70.4 Å². The predicted molar refractivity (Wildman–Crippen MR) is 110 cm³/mol. The molecule has 0 unspecified atom stereocenters. The highest BCUT2D eigenvalue weighted by molar-refractivity contribution is 9.10. The van der Waals surface area contributed by atoms with Crippen LogP contribution >= 0.6 is 15.9 Å². The van der Waals surface area contributed by atoms with Crippen LogP contribution in [0.1, 0.15) is 35.9 Å². The zero-order valence-corrected chi connectivity index (χ0v) is 17.7. The molecule has 0 saturated carbocycles. The second-order valence-electron chi connectivity index (χ2n) is 6.54. The summed E-state index contributed by atoms with van der Waals surface area (Å²) in [5, 5.41) is 13.1. The van der Waals surface area contributed by atoms with Crippen molar-refractivity contribution < 1.29 is 10.0 Å². The summed E-state index contributed by atoms with van der Waals surface area (Å²) in [6.45, 7) is 9.96. The number of nitrogens with one attached hydrogen (secondary N) is 1. The molecule has 2 rings (SSSR count). The van der Waals surface area contributed by atoms with Gasteiger partial charge in [-0.05, 0) is 59.9 Å². The van der Waals surface area contributed by atoms with Crippen LogP contribution in [0.5, 0.6) is 0 Å². The van der Waals surface area contributed by atoms with Crippen LogP contribution < -0.4 is 5.48 Å². The van der Waals surface area contributed by atoms with E-state index < -0.39 is 5.91 Å². The van der Waals surface area contributed by atoms with E-state index in [1.165, 1.54) is 11.6 Å². The molecule has 0 atom stereocenters. The van der Waals surface area contributed by atoms with Crippen molar-refractivity contribution in [1.29, 1.82) is 0 Å². The lowest BCUT2D eigenvalue weighted by Crippen LogP contribution is -2.28. The maximum Gasteiger partial charge on any atom is 0.267 e. The van der Waals surface area contributed by atoms with Crippen LogP contribution in [-0.2, 0) is 17.9 Å². The minimum atomic E-state index is -0.538. The number of hydroxylamine groups is 1. The summed E-state index contributed by atoms with van der Waals surface area (Å²) in [4.78, 5) is 13.5. The Morgan fingerprint density at radius 2 is 2.00 bits per heavy atom. The van der Waals surface area contributed by atoms with Crippen LogP contribution in [0.25, 0.3) is 6.08 Å². The van der Waals surface area contributed by atoms with Crippen LogP contribution in [0, 0.1) is 13.8 Å². The van der Waals surface area contributed by atoms with Gasteiger partial charge in [-0.15, -0.1) is 0 Å². The standard InChI is InChI=1S/C20H27BrN4O2/c1-4-11-24(12-13-25-16(3)20(21)15(2)22-25)14-18-7-5-17(6-8-18)9-10-19(26)23-27/h5-10,27H,4,11-14H2,1-3H3,(H,23,26)/b10-9+. The van der Waals surface area contributed by atoms with Gasteiger partial charge in [0.1, 0.15) is 0 Å². The zero-order valence-electron chi connectivity index (χ0n) is 16.1. The number of hydrogen-bond donors (Lipinski definition) is 2. The number of carbonyl (C=O) groups excluding carboxylic acids is 1. The first kappa shape index (κ1) is 21.3. The van der Waals surface area contributed by atoms with Gasteiger partial charge in [-0.3, -0.25) is 19.6 Å². The second-order valence-corrected chi connectivity index (χ2v) is 7.33. The Balaban J connectivity index is 1.97. The van der Waals surface area contributed by atoms with Gasteiger partial charge >= 0.3 is 0 Å². The highest BCUT2D eigenvalue weighted by Crippen LogP contribution is 2.19. The molecular weight excluding hydrogens is 408 g/mol. The summed E-state index contributed by atoms with van der Waals surface area (Å²) >= 11 is 3.58. The van der Waals surface area contributed by atoms with Gasteiger partial charge in [-0.25, -0.2) is 5.48 Å². The molecule has 7 heteroatoms. The number of rotatable bonds is 9. The molecule has 1 amide bonds. The maximum absolute atomic E-state index is 11.0. The van der Waals surface area contributed by atoms with Crippen molar-refractivity contribution in [3.05, 3.63) is 57.3 Å². The van der Waals surface area contributed by atoms with E-state index in [1.807, 2.05) is 19.1 Å². The van der Waals surface area contributed by atoms with Gasteiger partial charge in [0.05, 0.1) is 16.7 Å². The molecule has 0 saturated heterocycles. The fourth-order valence-corrected chi connectivity index (χ4v) is 3.20. The van der Waals surface area contributed by atoms with E-state index in [9.17, 15) is 4.79 Å². The average Bonchev–Trinajstić information content (AvgIpc) is 2.92. The van der Waals surface area contributed by atoms with Gasteiger partial charge in [0.15, 0.2) is 0 Å². The molecule has 0 aliphatic rings. The molecule has 1 aromatic carbocycles. The fraction of sp³-hybridized carbons (Fsp3) is 0.400. The summed E-state index contributed by atoms with van der Waals surface area (Å²) in [5.74, 6) is -0.538. The monoisotopic (exact) mass is 434 g/mol. The molecule has 0 fully saturated rings. The zero-order chi connectivity index (χ0) is 19.8. The van der Waals surface area contributed by atoms with E-state index in [2.05, 4.69) is 56.6 Å². The van der Waals surface area contributed by atoms with E-state index in [0.29, 0.717) is 0 Å². The number of benzene rings is 1. The minimum Gasteiger partial charge on any atom is -0.297 e. The third-order valence-electron chi connectivity index (χ3n) is 4.38. The van der Waals surface area contributed by atoms with Gasteiger partial charge < -0.3 is 0 Å². The van der Waals surface area contributed by atoms with Crippen molar-refractivity contribution in [3.8, 4) is 0 Å². The largest absolute Gasteiger partial charge is 0.297 e.